The second-order valence-electron chi connectivity index (χ2n) is 5.84. The third kappa shape index (κ3) is 3.72. The van der Waals surface area contributed by atoms with E-state index < -0.39 is 18.8 Å². The van der Waals surface area contributed by atoms with Crippen LogP contribution >= 0.6 is 0 Å². The maximum atomic E-state index is 12.1. The van der Waals surface area contributed by atoms with Gasteiger partial charge in [0.25, 0.3) is 0 Å². The number of aliphatic hydroxyl groups is 1. The Morgan fingerprint density at radius 2 is 1.76 bits per heavy atom. The van der Waals surface area contributed by atoms with Gasteiger partial charge in [-0.3, -0.25) is 0 Å². The van der Waals surface area contributed by atoms with Crippen LogP contribution in [0.15, 0.2) is 60.7 Å². The zero-order valence-corrected chi connectivity index (χ0v) is 13.7. The van der Waals surface area contributed by atoms with Crippen LogP contribution < -0.4 is 5.32 Å². The van der Waals surface area contributed by atoms with Crippen molar-refractivity contribution in [2.24, 2.45) is 0 Å². The Morgan fingerprint density at radius 3 is 2.32 bits per heavy atom. The minimum absolute atomic E-state index is 0.0212. The molecule has 0 aromatic heterocycles. The van der Waals surface area contributed by atoms with Crippen LogP contribution in [0.25, 0.3) is 11.1 Å². The van der Waals surface area contributed by atoms with Gasteiger partial charge in [0.15, 0.2) is 0 Å². The van der Waals surface area contributed by atoms with Crippen molar-refractivity contribution in [1.82, 2.24) is 5.32 Å². The van der Waals surface area contributed by atoms with E-state index in [-0.39, 0.29) is 19.1 Å². The summed E-state index contributed by atoms with van der Waals surface area (Å²) >= 11 is 0. The summed E-state index contributed by atoms with van der Waals surface area (Å²) in [7, 11) is 0. The molecule has 0 saturated heterocycles. The lowest BCUT2D eigenvalue weighted by Gasteiger charge is -2.16. The highest BCUT2D eigenvalue weighted by Crippen LogP contribution is 2.44. The first kappa shape index (κ1) is 17.2. The van der Waals surface area contributed by atoms with Gasteiger partial charge in [-0.25, -0.2) is 9.18 Å². The number of nitrogens with one attached hydrogen (secondary N) is 1. The van der Waals surface area contributed by atoms with Crippen molar-refractivity contribution < 1.29 is 19.0 Å². The van der Waals surface area contributed by atoms with Gasteiger partial charge in [0.1, 0.15) is 13.3 Å². The Labute approximate surface area is 145 Å². The Bertz CT molecular complexity index is 730. The molecule has 1 atom stereocenters. The molecular weight excluding hydrogens is 321 g/mol. The number of carbonyl (C=O) groups excluding carboxylic acids is 1. The number of allylic oxidation sites excluding steroid dienone is 1. The van der Waals surface area contributed by atoms with Gasteiger partial charge in [-0.05, 0) is 22.3 Å². The molecule has 0 fully saturated rings. The fourth-order valence-electron chi connectivity index (χ4n) is 3.16. The average molecular weight is 341 g/mol. The molecule has 2 aromatic rings. The number of hydrogen-bond acceptors (Lipinski definition) is 3. The van der Waals surface area contributed by atoms with E-state index in [0.717, 1.165) is 22.3 Å². The summed E-state index contributed by atoms with van der Waals surface area (Å²) in [6.07, 6.45) is 2.01. The van der Waals surface area contributed by atoms with E-state index in [4.69, 9.17) is 4.74 Å². The molecular formula is C20H20FNO3. The molecule has 0 bridgehead atoms. The lowest BCUT2D eigenvalue weighted by atomic mass is 9.98. The van der Waals surface area contributed by atoms with Crippen molar-refractivity contribution in [2.45, 2.75) is 12.0 Å². The van der Waals surface area contributed by atoms with Gasteiger partial charge in [0.2, 0.25) is 0 Å². The van der Waals surface area contributed by atoms with E-state index in [1.54, 1.807) is 0 Å². The minimum Gasteiger partial charge on any atom is -0.449 e. The van der Waals surface area contributed by atoms with E-state index >= 15 is 0 Å². The van der Waals surface area contributed by atoms with Crippen LogP contribution in [-0.2, 0) is 4.74 Å². The van der Waals surface area contributed by atoms with Gasteiger partial charge in [0.05, 0.1) is 12.6 Å². The normalized spacial score (nSPS) is 14.2. The van der Waals surface area contributed by atoms with Crippen LogP contribution in [0.5, 0.6) is 0 Å². The van der Waals surface area contributed by atoms with Crippen molar-refractivity contribution in [2.75, 3.05) is 19.9 Å². The molecule has 0 saturated carbocycles. The van der Waals surface area contributed by atoms with Crippen molar-refractivity contribution in [1.29, 1.82) is 0 Å². The topological polar surface area (TPSA) is 58.6 Å². The van der Waals surface area contributed by atoms with Crippen molar-refractivity contribution >= 4 is 6.09 Å². The summed E-state index contributed by atoms with van der Waals surface area (Å²) in [6, 6.07) is 15.5. The highest BCUT2D eigenvalue weighted by molar-refractivity contribution is 5.79. The molecule has 0 radical (unpaired) electrons. The van der Waals surface area contributed by atoms with Gasteiger partial charge < -0.3 is 15.2 Å². The Balaban J connectivity index is 1.69. The monoisotopic (exact) mass is 341 g/mol. The van der Waals surface area contributed by atoms with Gasteiger partial charge >= 0.3 is 6.09 Å². The number of alkyl halides is 1. The van der Waals surface area contributed by atoms with Crippen LogP contribution in [0.1, 0.15) is 17.0 Å². The molecule has 130 valence electrons. The molecule has 2 aromatic carbocycles. The molecule has 4 nitrogen and oxygen atoms in total. The summed E-state index contributed by atoms with van der Waals surface area (Å²) in [5.41, 5.74) is 4.58. The van der Waals surface area contributed by atoms with E-state index in [9.17, 15) is 14.3 Å². The molecule has 2 N–H and O–H groups in total. The molecule has 0 unspecified atom stereocenters. The molecule has 0 heterocycles. The van der Waals surface area contributed by atoms with Gasteiger partial charge in [-0.15, -0.1) is 0 Å². The van der Waals surface area contributed by atoms with Crippen LogP contribution in [-0.4, -0.2) is 37.1 Å². The second kappa shape index (κ2) is 7.94. The lowest BCUT2D eigenvalue weighted by Crippen LogP contribution is -2.37. The fraction of sp³-hybridized carbons (Fsp3) is 0.250. The zero-order chi connectivity index (χ0) is 17.6. The van der Waals surface area contributed by atoms with Crippen LogP contribution in [0.2, 0.25) is 0 Å². The predicted octanol–water partition coefficient (Wildman–Crippen LogP) is 3.41. The summed E-state index contributed by atoms with van der Waals surface area (Å²) in [4.78, 5) is 12.0. The number of fused-ring (bicyclic) bond motifs is 3. The fourth-order valence-corrected chi connectivity index (χ4v) is 3.16. The third-order valence-corrected chi connectivity index (χ3v) is 4.30. The summed E-state index contributed by atoms with van der Waals surface area (Å²) in [6.45, 7) is -0.769. The highest BCUT2D eigenvalue weighted by Gasteiger charge is 2.29. The third-order valence-electron chi connectivity index (χ3n) is 4.30. The van der Waals surface area contributed by atoms with E-state index in [2.05, 4.69) is 17.4 Å². The quantitative estimate of drug-likeness (QED) is 0.792. The number of amides is 1. The van der Waals surface area contributed by atoms with Crippen molar-refractivity contribution in [3.63, 3.8) is 0 Å². The van der Waals surface area contributed by atoms with Crippen LogP contribution in [0.3, 0.4) is 0 Å². The SMILES string of the molecule is O=C(N[C@@H](/C=C/CF)CO)OCC1c2ccccc2-c2ccccc21. The summed E-state index contributed by atoms with van der Waals surface area (Å²) in [5, 5.41) is 11.7. The molecule has 1 aliphatic carbocycles. The predicted molar refractivity (Wildman–Crippen MR) is 94.2 cm³/mol. The van der Waals surface area contributed by atoms with Crippen molar-refractivity contribution in [3.8, 4) is 11.1 Å². The minimum atomic E-state index is -0.661. The van der Waals surface area contributed by atoms with E-state index in [1.807, 2.05) is 36.4 Å². The average Bonchev–Trinajstić information content (AvgIpc) is 2.97. The molecule has 0 spiro atoms. The molecule has 25 heavy (non-hydrogen) atoms. The first-order valence-corrected chi connectivity index (χ1v) is 8.19. The largest absolute Gasteiger partial charge is 0.449 e. The molecule has 1 amide bonds. The number of benzene rings is 2. The summed E-state index contributed by atoms with van der Waals surface area (Å²) in [5.74, 6) is -0.0212. The second-order valence-corrected chi connectivity index (χ2v) is 5.84. The number of halogens is 1. The Morgan fingerprint density at radius 1 is 1.16 bits per heavy atom. The lowest BCUT2D eigenvalue weighted by molar-refractivity contribution is 0.136. The first-order valence-electron chi connectivity index (χ1n) is 8.19. The molecule has 5 heteroatoms. The maximum absolute atomic E-state index is 12.1. The Hall–Kier alpha value is -2.66. The number of ether oxygens (including phenoxy) is 1. The van der Waals surface area contributed by atoms with Crippen LogP contribution in [0, 0.1) is 0 Å². The number of aliphatic hydroxyl groups excluding tert-OH is 1. The van der Waals surface area contributed by atoms with E-state index in [0.29, 0.717) is 0 Å². The number of carbonyl (C=O) groups is 1. The number of alkyl carbamates (subject to hydrolysis) is 1. The first-order chi connectivity index (χ1) is 12.2. The number of rotatable bonds is 6. The molecule has 3 rings (SSSR count). The van der Waals surface area contributed by atoms with Gasteiger partial charge in [-0.2, -0.15) is 0 Å². The standard InChI is InChI=1S/C20H20FNO3/c21-11-5-6-14(12-23)22-20(24)25-13-19-17-9-3-1-7-15(17)16-8-2-4-10-18(16)19/h1-10,14,19,23H,11-13H2,(H,22,24)/b6-5+/t14-/m0/s1. The van der Waals surface area contributed by atoms with Crippen molar-refractivity contribution in [3.05, 3.63) is 71.8 Å². The smallest absolute Gasteiger partial charge is 0.407 e. The maximum Gasteiger partial charge on any atom is 0.407 e. The molecule has 1 aliphatic rings. The van der Waals surface area contributed by atoms with E-state index in [1.165, 1.54) is 12.2 Å². The van der Waals surface area contributed by atoms with Gasteiger partial charge in [0, 0.05) is 5.92 Å². The number of hydrogen-bond donors (Lipinski definition) is 2. The van der Waals surface area contributed by atoms with Gasteiger partial charge in [-0.1, -0.05) is 60.7 Å². The molecule has 0 aliphatic heterocycles. The summed E-state index contributed by atoms with van der Waals surface area (Å²) < 4.78 is 17.5. The zero-order valence-electron chi connectivity index (χ0n) is 13.7. The van der Waals surface area contributed by atoms with Crippen LogP contribution in [0.4, 0.5) is 9.18 Å². The highest BCUT2D eigenvalue weighted by atomic mass is 19.1. The Kier molecular flexibility index (Phi) is 5.46.